The molecule has 60 valence electrons. The summed E-state index contributed by atoms with van der Waals surface area (Å²) in [5.74, 6) is 0.422. The van der Waals surface area contributed by atoms with Crippen LogP contribution in [-0.2, 0) is 11.2 Å². The van der Waals surface area contributed by atoms with Crippen LogP contribution in [0.2, 0.25) is 0 Å². The van der Waals surface area contributed by atoms with E-state index in [9.17, 15) is 4.79 Å². The van der Waals surface area contributed by atoms with Gasteiger partial charge in [0.15, 0.2) is 0 Å². The largest absolute Gasteiger partial charge is 0.365 e. The Labute approximate surface area is 66.6 Å². The van der Waals surface area contributed by atoms with Crippen LogP contribution in [0.3, 0.4) is 0 Å². The third-order valence-corrected chi connectivity index (χ3v) is 1.67. The molecule has 0 bridgehead atoms. The number of carbonyl (C=O) groups excluding carboxylic acids is 1. The second kappa shape index (κ2) is 3.37. The molecule has 0 saturated carbocycles. The summed E-state index contributed by atoms with van der Waals surface area (Å²) in [6.07, 6.45) is 2.37. The molecule has 1 N–H and O–H groups in total. The number of aromatic amines is 1. The fourth-order valence-electron chi connectivity index (χ4n) is 0.869. The molecule has 0 saturated heterocycles. The highest BCUT2D eigenvalue weighted by atomic mass is 16.1. The second-order valence-corrected chi connectivity index (χ2v) is 2.99. The molecule has 0 fully saturated rings. The molecule has 1 aromatic heterocycles. The van der Waals surface area contributed by atoms with Gasteiger partial charge in [0.05, 0.1) is 0 Å². The van der Waals surface area contributed by atoms with Crippen molar-refractivity contribution < 1.29 is 4.79 Å². The minimum atomic E-state index is 0.137. The van der Waals surface area contributed by atoms with Gasteiger partial charge in [0.1, 0.15) is 5.78 Å². The predicted octanol–water partition coefficient (Wildman–Crippen LogP) is 1.78. The van der Waals surface area contributed by atoms with Crippen LogP contribution in [0.4, 0.5) is 0 Å². The molecule has 0 aromatic carbocycles. The van der Waals surface area contributed by atoms with Crippen LogP contribution in [0.25, 0.3) is 0 Å². The predicted molar refractivity (Wildman–Crippen MR) is 44.3 cm³/mol. The number of H-pyrrole nitrogens is 1. The number of aromatic nitrogens is 1. The molecule has 2 nitrogen and oxygen atoms in total. The van der Waals surface area contributed by atoms with Gasteiger partial charge in [-0.2, -0.15) is 0 Å². The van der Waals surface area contributed by atoms with Gasteiger partial charge in [-0.15, -0.1) is 0 Å². The third-order valence-electron chi connectivity index (χ3n) is 1.67. The Hall–Kier alpha value is -1.05. The first-order valence-corrected chi connectivity index (χ1v) is 3.85. The summed E-state index contributed by atoms with van der Waals surface area (Å²) in [5.41, 5.74) is 1.00. The van der Waals surface area contributed by atoms with Crippen LogP contribution >= 0.6 is 0 Å². The summed E-state index contributed by atoms with van der Waals surface area (Å²) in [4.78, 5) is 14.2. The summed E-state index contributed by atoms with van der Waals surface area (Å²) in [6, 6.07) is 3.84. The summed E-state index contributed by atoms with van der Waals surface area (Å²) in [7, 11) is 0. The lowest BCUT2D eigenvalue weighted by Gasteiger charge is -2.00. The molecule has 0 aliphatic rings. The lowest BCUT2D eigenvalue weighted by atomic mass is 10.1. The van der Waals surface area contributed by atoms with Crippen LogP contribution in [0.15, 0.2) is 18.3 Å². The third kappa shape index (κ3) is 2.22. The maximum atomic E-state index is 11.2. The van der Waals surface area contributed by atoms with E-state index in [1.54, 1.807) is 0 Å². The molecule has 0 unspecified atom stereocenters. The topological polar surface area (TPSA) is 32.9 Å². The van der Waals surface area contributed by atoms with Crippen molar-refractivity contribution in [3.05, 3.63) is 24.0 Å². The zero-order chi connectivity index (χ0) is 8.27. The number of nitrogens with one attached hydrogen (secondary N) is 1. The molecular formula is C9H13NO. The maximum Gasteiger partial charge on any atom is 0.141 e. The van der Waals surface area contributed by atoms with E-state index in [0.717, 1.165) is 5.69 Å². The molecule has 0 aliphatic carbocycles. The van der Waals surface area contributed by atoms with Gasteiger partial charge < -0.3 is 4.98 Å². The Morgan fingerprint density at radius 2 is 2.36 bits per heavy atom. The fraction of sp³-hybridized carbons (Fsp3) is 0.444. The second-order valence-electron chi connectivity index (χ2n) is 2.99. The highest BCUT2D eigenvalue weighted by Crippen LogP contribution is 2.02. The van der Waals surface area contributed by atoms with E-state index in [2.05, 4.69) is 4.98 Å². The van der Waals surface area contributed by atoms with Crippen molar-refractivity contribution >= 4 is 5.78 Å². The zero-order valence-electron chi connectivity index (χ0n) is 6.92. The molecule has 2 heteroatoms. The quantitative estimate of drug-likeness (QED) is 0.701. The van der Waals surface area contributed by atoms with Gasteiger partial charge >= 0.3 is 0 Å². The monoisotopic (exact) mass is 151 g/mol. The molecule has 1 rings (SSSR count). The number of ketones is 1. The van der Waals surface area contributed by atoms with Crippen LogP contribution < -0.4 is 0 Å². The first-order valence-electron chi connectivity index (χ1n) is 3.85. The van der Waals surface area contributed by atoms with Gasteiger partial charge in [-0.1, -0.05) is 13.8 Å². The summed E-state index contributed by atoms with van der Waals surface area (Å²) < 4.78 is 0. The molecule has 0 amide bonds. The molecule has 0 spiro atoms. The van der Waals surface area contributed by atoms with Crippen molar-refractivity contribution in [1.29, 1.82) is 0 Å². The standard InChI is InChI=1S/C9H13NO/c1-7(2)9(11)6-8-4-3-5-10-8/h3-5,7,10H,6H2,1-2H3. The number of Topliss-reactive ketones (excluding diaryl/α,β-unsaturated/α-hetero) is 1. The SMILES string of the molecule is CC(C)C(=O)Cc1ccc[nH]1. The van der Waals surface area contributed by atoms with Crippen LogP contribution in [0.5, 0.6) is 0 Å². The average Bonchev–Trinajstić information content (AvgIpc) is 2.39. The van der Waals surface area contributed by atoms with E-state index < -0.39 is 0 Å². The lowest BCUT2D eigenvalue weighted by molar-refractivity contribution is -0.121. The number of hydrogen-bond acceptors (Lipinski definition) is 1. The highest BCUT2D eigenvalue weighted by molar-refractivity contribution is 5.82. The van der Waals surface area contributed by atoms with E-state index in [4.69, 9.17) is 0 Å². The zero-order valence-corrected chi connectivity index (χ0v) is 6.92. The Kier molecular flexibility index (Phi) is 2.47. The minimum Gasteiger partial charge on any atom is -0.365 e. The summed E-state index contributed by atoms with van der Waals surface area (Å²) in [6.45, 7) is 3.84. The highest BCUT2D eigenvalue weighted by Gasteiger charge is 2.07. The first kappa shape index (κ1) is 8.05. The molecule has 0 atom stereocenters. The number of rotatable bonds is 3. The summed E-state index contributed by atoms with van der Waals surface area (Å²) >= 11 is 0. The van der Waals surface area contributed by atoms with E-state index in [1.165, 1.54) is 0 Å². The Bertz CT molecular complexity index is 224. The van der Waals surface area contributed by atoms with Crippen molar-refractivity contribution in [1.82, 2.24) is 4.98 Å². The Balaban J connectivity index is 2.50. The van der Waals surface area contributed by atoms with Gasteiger partial charge in [-0.05, 0) is 12.1 Å². The van der Waals surface area contributed by atoms with Gasteiger partial charge in [-0.3, -0.25) is 4.79 Å². The van der Waals surface area contributed by atoms with E-state index >= 15 is 0 Å². The average molecular weight is 151 g/mol. The van der Waals surface area contributed by atoms with Crippen molar-refractivity contribution in [3.8, 4) is 0 Å². The molecule has 0 aliphatic heterocycles. The van der Waals surface area contributed by atoms with E-state index in [-0.39, 0.29) is 11.7 Å². The molecule has 1 aromatic rings. The maximum absolute atomic E-state index is 11.2. The van der Waals surface area contributed by atoms with Gasteiger partial charge in [0.2, 0.25) is 0 Å². The number of hydrogen-bond donors (Lipinski definition) is 1. The number of carbonyl (C=O) groups is 1. The van der Waals surface area contributed by atoms with Crippen molar-refractivity contribution in [2.45, 2.75) is 20.3 Å². The van der Waals surface area contributed by atoms with Gasteiger partial charge in [-0.25, -0.2) is 0 Å². The minimum absolute atomic E-state index is 0.137. The smallest absolute Gasteiger partial charge is 0.141 e. The first-order chi connectivity index (χ1) is 5.20. The Morgan fingerprint density at radius 3 is 2.82 bits per heavy atom. The Morgan fingerprint density at radius 1 is 1.64 bits per heavy atom. The van der Waals surface area contributed by atoms with Crippen LogP contribution in [0, 0.1) is 5.92 Å². The normalized spacial score (nSPS) is 10.5. The van der Waals surface area contributed by atoms with E-state index in [1.807, 2.05) is 32.2 Å². The van der Waals surface area contributed by atoms with Crippen molar-refractivity contribution in [2.24, 2.45) is 5.92 Å². The molecule has 1 heterocycles. The molecular weight excluding hydrogens is 138 g/mol. The lowest BCUT2D eigenvalue weighted by Crippen LogP contribution is -2.10. The fourth-order valence-corrected chi connectivity index (χ4v) is 0.869. The van der Waals surface area contributed by atoms with Crippen LogP contribution in [0.1, 0.15) is 19.5 Å². The van der Waals surface area contributed by atoms with Crippen molar-refractivity contribution in [2.75, 3.05) is 0 Å². The van der Waals surface area contributed by atoms with Crippen molar-refractivity contribution in [3.63, 3.8) is 0 Å². The summed E-state index contributed by atoms with van der Waals surface area (Å²) in [5, 5.41) is 0. The van der Waals surface area contributed by atoms with Crippen LogP contribution in [-0.4, -0.2) is 10.8 Å². The van der Waals surface area contributed by atoms with E-state index in [0.29, 0.717) is 6.42 Å². The molecule has 0 radical (unpaired) electrons. The molecule has 11 heavy (non-hydrogen) atoms. The van der Waals surface area contributed by atoms with Gasteiger partial charge in [0, 0.05) is 24.2 Å². The van der Waals surface area contributed by atoms with Gasteiger partial charge in [0.25, 0.3) is 0 Å².